The number of benzene rings is 1. The molecule has 0 atom stereocenters. The standard InChI is InChI=1S/C7H7NO3.ClH.N2/c1-11-7-5-3-2-4-6(7)8(9)10;;1-2/h2-5H,1H3;1H;. The fraction of sp³-hybridized carbons (Fsp3) is 0.143. The smallest absolute Gasteiger partial charge is 0.310 e. The van der Waals surface area contributed by atoms with Gasteiger partial charge in [-0.3, -0.25) is 10.1 Å². The highest BCUT2D eigenvalue weighted by molar-refractivity contribution is 5.45. The van der Waals surface area contributed by atoms with Crippen molar-refractivity contribution in [3.63, 3.8) is 0 Å². The molecule has 0 spiro atoms. The number of hydrogen-bond donors (Lipinski definition) is 1. The van der Waals surface area contributed by atoms with Gasteiger partial charge in [-0.1, -0.05) is 12.1 Å². The highest BCUT2D eigenvalue weighted by atomic mass is 35.5. The lowest BCUT2D eigenvalue weighted by Gasteiger charge is -1.98. The van der Waals surface area contributed by atoms with Gasteiger partial charge in [0.05, 0.1) is 17.4 Å². The van der Waals surface area contributed by atoms with Gasteiger partial charge in [-0.05, 0) is 6.07 Å². The maximum absolute atomic E-state index is 10.3. The van der Waals surface area contributed by atoms with Gasteiger partial charge in [-0.15, -0.1) is 0 Å². The molecule has 1 rings (SSSR count). The third kappa shape index (κ3) is 3.69. The van der Waals surface area contributed by atoms with Crippen LogP contribution in [0.4, 0.5) is 5.69 Å². The number of rotatable bonds is 2. The van der Waals surface area contributed by atoms with Crippen LogP contribution in [0.5, 0.6) is 5.75 Å². The first kappa shape index (κ1) is 14.6. The minimum Gasteiger partial charge on any atom is -1.00 e. The van der Waals surface area contributed by atoms with Gasteiger partial charge >= 0.3 is 5.69 Å². The zero-order valence-corrected chi connectivity index (χ0v) is 8.06. The molecule has 0 heterocycles. The molecule has 0 amide bonds. The summed E-state index contributed by atoms with van der Waals surface area (Å²) in [6.45, 7) is 0. The normalized spacial score (nSPS) is 7.36. The summed E-state index contributed by atoms with van der Waals surface area (Å²) in [4.78, 5) is 9.83. The Hall–Kier alpha value is -1.87. The van der Waals surface area contributed by atoms with E-state index in [9.17, 15) is 10.1 Å². The van der Waals surface area contributed by atoms with Crippen molar-refractivity contribution in [2.75, 3.05) is 7.11 Å². The molecule has 1 N–H and O–H groups in total. The summed E-state index contributed by atoms with van der Waals surface area (Å²) in [5.74, 6) is 0.289. The molecule has 0 saturated heterocycles. The van der Waals surface area contributed by atoms with Gasteiger partial charge in [0.1, 0.15) is 0 Å². The van der Waals surface area contributed by atoms with Gasteiger partial charge < -0.3 is 17.1 Å². The quantitative estimate of drug-likeness (QED) is 0.322. The monoisotopic (exact) mass is 217 g/mol. The zero-order valence-electron chi connectivity index (χ0n) is 7.31. The molecular weight excluding hydrogens is 210 g/mol. The van der Waals surface area contributed by atoms with Gasteiger partial charge in [0.2, 0.25) is 5.39 Å². The number of para-hydroxylation sites is 2. The van der Waals surface area contributed by atoms with Crippen LogP contribution in [0.2, 0.25) is 0 Å². The minimum absolute atomic E-state index is 0. The molecule has 0 unspecified atom stereocenters. The predicted octanol–water partition coefficient (Wildman–Crippen LogP) is -3.11. The lowest BCUT2D eigenvalue weighted by molar-refractivity contribution is -0.385. The Morgan fingerprint density at radius 3 is 2.29 bits per heavy atom. The molecule has 1 aromatic rings. The molecule has 0 fully saturated rings. The summed E-state index contributed by atoms with van der Waals surface area (Å²) >= 11 is 0. The van der Waals surface area contributed by atoms with Gasteiger partial charge in [0, 0.05) is 6.07 Å². The fourth-order valence-electron chi connectivity index (χ4n) is 0.781. The average Bonchev–Trinajstić information content (AvgIpc) is 2.20. The highest BCUT2D eigenvalue weighted by Crippen LogP contribution is 2.24. The van der Waals surface area contributed by atoms with Crippen molar-refractivity contribution >= 4 is 5.69 Å². The van der Waals surface area contributed by atoms with Gasteiger partial charge in [0.15, 0.2) is 5.75 Å². The maximum Gasteiger partial charge on any atom is 0.310 e. The van der Waals surface area contributed by atoms with Crippen LogP contribution in [0.15, 0.2) is 24.3 Å². The van der Waals surface area contributed by atoms with E-state index in [2.05, 4.69) is 0 Å². The van der Waals surface area contributed by atoms with Crippen LogP contribution in [0.1, 0.15) is 0 Å². The summed E-state index contributed by atoms with van der Waals surface area (Å²) in [7, 11) is 1.41. The molecule has 6 nitrogen and oxygen atoms in total. The molecular formula is C7H8ClN3O3. The van der Waals surface area contributed by atoms with Gasteiger partial charge in [0.25, 0.3) is 0 Å². The molecule has 0 radical (unpaired) electrons. The van der Waals surface area contributed by atoms with Crippen molar-refractivity contribution in [1.82, 2.24) is 0 Å². The first-order valence-corrected chi connectivity index (χ1v) is 3.25. The average molecular weight is 218 g/mol. The zero-order chi connectivity index (χ0) is 10.3. The molecule has 0 aliphatic carbocycles. The lowest BCUT2D eigenvalue weighted by atomic mass is 10.3. The molecule has 0 aliphatic rings. The van der Waals surface area contributed by atoms with E-state index < -0.39 is 4.92 Å². The van der Waals surface area contributed by atoms with Crippen LogP contribution in [0.3, 0.4) is 0 Å². The minimum atomic E-state index is -0.473. The molecule has 0 bridgehead atoms. The Morgan fingerprint density at radius 1 is 1.43 bits per heavy atom. The third-order valence-corrected chi connectivity index (χ3v) is 1.28. The molecule has 14 heavy (non-hydrogen) atoms. The van der Waals surface area contributed by atoms with Crippen LogP contribution in [-0.2, 0) is 0 Å². The van der Waals surface area contributed by atoms with Crippen molar-refractivity contribution in [3.8, 4) is 5.75 Å². The van der Waals surface area contributed by atoms with Crippen LogP contribution >= 0.6 is 0 Å². The third-order valence-electron chi connectivity index (χ3n) is 1.28. The fourth-order valence-corrected chi connectivity index (χ4v) is 0.781. The largest absolute Gasteiger partial charge is 1.00 e. The topological polar surface area (TPSA) is 100.0 Å². The Bertz CT molecular complexity index is 316. The number of diazo groups is 1. The van der Waals surface area contributed by atoms with E-state index in [1.54, 1.807) is 18.2 Å². The Balaban J connectivity index is 0. The van der Waals surface area contributed by atoms with Gasteiger partial charge in [-0.2, -0.15) is 0 Å². The Morgan fingerprint density at radius 2 is 1.93 bits per heavy atom. The van der Waals surface area contributed by atoms with Crippen LogP contribution in [-0.4, -0.2) is 12.0 Å². The number of nitro groups is 1. The van der Waals surface area contributed by atoms with Crippen molar-refractivity contribution in [3.05, 3.63) is 34.4 Å². The van der Waals surface area contributed by atoms with Crippen LogP contribution in [0, 0.1) is 15.5 Å². The van der Waals surface area contributed by atoms with Crippen molar-refractivity contribution in [2.45, 2.75) is 0 Å². The van der Waals surface area contributed by atoms with E-state index >= 15 is 0 Å². The summed E-state index contributed by atoms with van der Waals surface area (Å²) in [5, 5.41) is 21.3. The highest BCUT2D eigenvalue weighted by Gasteiger charge is 2.11. The number of nitrogens with zero attached hydrogens (tertiary/aromatic N) is 2. The van der Waals surface area contributed by atoms with Crippen LogP contribution < -0.4 is 22.5 Å². The molecule has 7 heteroatoms. The predicted molar refractivity (Wildman–Crippen MR) is 42.3 cm³/mol. The maximum atomic E-state index is 10.3. The molecule has 1 aromatic carbocycles. The van der Waals surface area contributed by atoms with Crippen molar-refractivity contribution in [2.24, 2.45) is 0 Å². The summed E-state index contributed by atoms with van der Waals surface area (Å²) in [6, 6.07) is 6.24. The number of hydrogen-bond acceptors (Lipinski definition) is 4. The van der Waals surface area contributed by atoms with E-state index in [4.69, 9.17) is 15.5 Å². The summed E-state index contributed by atoms with van der Waals surface area (Å²) in [6.07, 6.45) is 0. The number of nitro benzene ring substituents is 1. The summed E-state index contributed by atoms with van der Waals surface area (Å²) in [5.41, 5.74) is -0.00463. The van der Waals surface area contributed by atoms with E-state index in [1.807, 2.05) is 0 Å². The molecule has 0 aromatic heterocycles. The van der Waals surface area contributed by atoms with E-state index in [-0.39, 0.29) is 23.8 Å². The molecule has 0 saturated carbocycles. The number of ether oxygens (including phenoxy) is 1. The Labute approximate surface area is 86.5 Å². The number of nitrogens with one attached hydrogen (secondary N) is 1. The van der Waals surface area contributed by atoms with Crippen LogP contribution in [0.25, 0.3) is 0 Å². The second-order valence-electron chi connectivity index (χ2n) is 1.93. The first-order valence-electron chi connectivity index (χ1n) is 3.25. The number of methoxy groups -OCH3 is 1. The summed E-state index contributed by atoms with van der Waals surface area (Å²) < 4.78 is 4.76. The van der Waals surface area contributed by atoms with Crippen molar-refractivity contribution in [1.29, 1.82) is 5.39 Å². The Kier molecular flexibility index (Phi) is 8.12. The van der Waals surface area contributed by atoms with E-state index in [0.29, 0.717) is 0 Å². The molecule has 76 valence electrons. The first-order chi connectivity index (χ1) is 6.25. The lowest BCUT2D eigenvalue weighted by Crippen LogP contribution is -3.00. The van der Waals surface area contributed by atoms with Crippen molar-refractivity contribution < 1.29 is 27.5 Å². The van der Waals surface area contributed by atoms with E-state index in [0.717, 1.165) is 0 Å². The second kappa shape index (κ2) is 7.76. The van der Waals surface area contributed by atoms with Gasteiger partial charge in [-0.25, -0.2) is 0 Å². The SMILES string of the molecule is COc1ccccc1[N+](=O)[O-].N#[NH+].[Cl-]. The number of halogens is 1. The second-order valence-corrected chi connectivity index (χ2v) is 1.93. The van der Waals surface area contributed by atoms with E-state index in [1.165, 1.54) is 13.2 Å². The molecule has 0 aliphatic heterocycles.